The molecule has 0 spiro atoms. The predicted octanol–water partition coefficient (Wildman–Crippen LogP) is 3.84. The van der Waals surface area contributed by atoms with Crippen LogP contribution in [0.5, 0.6) is 0 Å². The van der Waals surface area contributed by atoms with Crippen LogP contribution in [0.25, 0.3) is 11.0 Å². The number of fused-ring (bicyclic) bond motifs is 3. The zero-order valence-corrected chi connectivity index (χ0v) is 15.9. The van der Waals surface area contributed by atoms with Crippen molar-refractivity contribution in [2.75, 3.05) is 6.26 Å². The third kappa shape index (κ3) is 3.31. The summed E-state index contributed by atoms with van der Waals surface area (Å²) < 4.78 is 2.08. The maximum absolute atomic E-state index is 12.7. The van der Waals surface area contributed by atoms with Gasteiger partial charge < -0.3 is 9.88 Å². The number of thioether (sulfide) groups is 1. The molecule has 0 radical (unpaired) electrons. The Bertz CT molecular complexity index is 771. The van der Waals surface area contributed by atoms with Gasteiger partial charge in [0.1, 0.15) is 12.4 Å². The van der Waals surface area contributed by atoms with Gasteiger partial charge in [-0.05, 0) is 62.3 Å². The first-order valence-electron chi connectivity index (χ1n) is 9.38. The standard InChI is InChI=1S/C20H27N3OS/c1-13(16-10-14-7-8-15(16)9-14)21-20(24)11-23-18-6-4-3-5-17(18)22-19(23)12-25-2/h3-6,13-16H,7-12H2,1-2H3,(H,21,24). The van der Waals surface area contributed by atoms with Gasteiger partial charge in [-0.15, -0.1) is 0 Å². The zero-order chi connectivity index (χ0) is 17.4. The Labute approximate surface area is 153 Å². The minimum atomic E-state index is 0.112. The molecule has 0 saturated heterocycles. The fraction of sp³-hybridized carbons (Fsp3) is 0.600. The predicted molar refractivity (Wildman–Crippen MR) is 103 cm³/mol. The number of aromatic nitrogens is 2. The van der Waals surface area contributed by atoms with E-state index in [0.717, 1.165) is 34.4 Å². The second-order valence-electron chi connectivity index (χ2n) is 7.73. The van der Waals surface area contributed by atoms with Gasteiger partial charge in [0.15, 0.2) is 0 Å². The number of imidazole rings is 1. The molecule has 2 saturated carbocycles. The molecule has 1 aromatic carbocycles. The van der Waals surface area contributed by atoms with E-state index in [4.69, 9.17) is 4.98 Å². The third-order valence-electron chi connectivity index (χ3n) is 6.13. The van der Waals surface area contributed by atoms with Crippen molar-refractivity contribution in [2.24, 2.45) is 17.8 Å². The Morgan fingerprint density at radius 2 is 2.20 bits per heavy atom. The average Bonchev–Trinajstić information content (AvgIpc) is 3.30. The van der Waals surface area contributed by atoms with Gasteiger partial charge in [-0.25, -0.2) is 4.98 Å². The number of rotatable bonds is 6. The van der Waals surface area contributed by atoms with E-state index in [2.05, 4.69) is 29.1 Å². The summed E-state index contributed by atoms with van der Waals surface area (Å²) in [5, 5.41) is 3.28. The molecule has 2 aliphatic carbocycles. The summed E-state index contributed by atoms with van der Waals surface area (Å²) >= 11 is 1.74. The van der Waals surface area contributed by atoms with E-state index < -0.39 is 0 Å². The third-order valence-corrected chi connectivity index (χ3v) is 6.68. The van der Waals surface area contributed by atoms with Crippen LogP contribution in [0.1, 0.15) is 38.4 Å². The molecule has 0 aliphatic heterocycles. The Morgan fingerprint density at radius 1 is 1.36 bits per heavy atom. The molecule has 25 heavy (non-hydrogen) atoms. The molecule has 2 aliphatic rings. The first-order chi connectivity index (χ1) is 12.2. The van der Waals surface area contributed by atoms with Gasteiger partial charge in [-0.1, -0.05) is 18.6 Å². The van der Waals surface area contributed by atoms with Gasteiger partial charge in [0.2, 0.25) is 5.91 Å². The fourth-order valence-corrected chi connectivity index (χ4v) is 5.48. The van der Waals surface area contributed by atoms with Crippen molar-refractivity contribution in [1.82, 2.24) is 14.9 Å². The molecular formula is C20H27N3OS. The highest BCUT2D eigenvalue weighted by Gasteiger charge is 2.42. The topological polar surface area (TPSA) is 46.9 Å². The second-order valence-corrected chi connectivity index (χ2v) is 8.60. The van der Waals surface area contributed by atoms with Gasteiger partial charge in [0, 0.05) is 6.04 Å². The second kappa shape index (κ2) is 7.02. The van der Waals surface area contributed by atoms with Crippen LogP contribution in [0.4, 0.5) is 0 Å². The van der Waals surface area contributed by atoms with Crippen molar-refractivity contribution in [2.45, 2.75) is 50.9 Å². The lowest BCUT2D eigenvalue weighted by atomic mass is 9.84. The minimum absolute atomic E-state index is 0.112. The number of para-hydroxylation sites is 2. The molecular weight excluding hydrogens is 330 g/mol. The van der Waals surface area contributed by atoms with Crippen molar-refractivity contribution in [1.29, 1.82) is 0 Å². The molecule has 4 atom stereocenters. The smallest absolute Gasteiger partial charge is 0.240 e. The number of carbonyl (C=O) groups excluding carboxylic acids is 1. The highest BCUT2D eigenvalue weighted by molar-refractivity contribution is 7.97. The molecule has 2 bridgehead atoms. The summed E-state index contributed by atoms with van der Waals surface area (Å²) in [4.78, 5) is 17.4. The van der Waals surface area contributed by atoms with Crippen molar-refractivity contribution in [3.8, 4) is 0 Å². The van der Waals surface area contributed by atoms with Crippen molar-refractivity contribution in [3.63, 3.8) is 0 Å². The molecule has 4 unspecified atom stereocenters. The first-order valence-corrected chi connectivity index (χ1v) is 10.8. The normalized spacial score (nSPS) is 26.2. The van der Waals surface area contributed by atoms with Crippen LogP contribution >= 0.6 is 11.8 Å². The van der Waals surface area contributed by atoms with Crippen LogP contribution < -0.4 is 5.32 Å². The maximum atomic E-state index is 12.7. The highest BCUT2D eigenvalue weighted by Crippen LogP contribution is 2.49. The fourth-order valence-electron chi connectivity index (χ4n) is 5.00. The Balaban J connectivity index is 1.47. The SMILES string of the molecule is CSCc1nc2ccccc2n1CC(=O)NC(C)C1CC2CCC1C2. The van der Waals surface area contributed by atoms with E-state index >= 15 is 0 Å². The number of benzene rings is 1. The Kier molecular flexibility index (Phi) is 4.76. The summed E-state index contributed by atoms with van der Waals surface area (Å²) in [5.41, 5.74) is 2.02. The average molecular weight is 358 g/mol. The van der Waals surface area contributed by atoms with E-state index in [-0.39, 0.29) is 11.9 Å². The van der Waals surface area contributed by atoms with Crippen LogP contribution in [0, 0.1) is 17.8 Å². The quantitative estimate of drug-likeness (QED) is 0.854. The van der Waals surface area contributed by atoms with Gasteiger partial charge >= 0.3 is 0 Å². The molecule has 2 aromatic rings. The molecule has 1 amide bonds. The summed E-state index contributed by atoms with van der Waals surface area (Å²) in [5.74, 6) is 4.34. The molecule has 4 nitrogen and oxygen atoms in total. The van der Waals surface area contributed by atoms with E-state index in [1.165, 1.54) is 25.7 Å². The van der Waals surface area contributed by atoms with Crippen molar-refractivity contribution < 1.29 is 4.79 Å². The minimum Gasteiger partial charge on any atom is -0.352 e. The van der Waals surface area contributed by atoms with E-state index in [1.807, 2.05) is 18.2 Å². The molecule has 1 aromatic heterocycles. The monoisotopic (exact) mass is 357 g/mol. The largest absolute Gasteiger partial charge is 0.352 e. The molecule has 2 fully saturated rings. The zero-order valence-electron chi connectivity index (χ0n) is 15.1. The van der Waals surface area contributed by atoms with E-state index in [1.54, 1.807) is 11.8 Å². The number of nitrogens with one attached hydrogen (secondary N) is 1. The van der Waals surface area contributed by atoms with Crippen molar-refractivity contribution in [3.05, 3.63) is 30.1 Å². The number of carbonyl (C=O) groups is 1. The number of hydrogen-bond donors (Lipinski definition) is 1. The lowest BCUT2D eigenvalue weighted by molar-refractivity contribution is -0.122. The molecule has 4 rings (SSSR count). The van der Waals surface area contributed by atoms with E-state index in [0.29, 0.717) is 12.5 Å². The van der Waals surface area contributed by atoms with Gasteiger partial charge in [-0.3, -0.25) is 4.79 Å². The molecule has 1 N–H and O–H groups in total. The van der Waals surface area contributed by atoms with Crippen LogP contribution in [0.2, 0.25) is 0 Å². The number of amides is 1. The van der Waals surface area contributed by atoms with Crippen LogP contribution in [-0.4, -0.2) is 27.8 Å². The molecule has 134 valence electrons. The number of hydrogen-bond acceptors (Lipinski definition) is 3. The maximum Gasteiger partial charge on any atom is 0.240 e. The van der Waals surface area contributed by atoms with Crippen LogP contribution in [0.15, 0.2) is 24.3 Å². The lowest BCUT2D eigenvalue weighted by Crippen LogP contribution is -2.41. The lowest BCUT2D eigenvalue weighted by Gasteiger charge is -2.28. The number of nitrogens with zero attached hydrogens (tertiary/aromatic N) is 2. The Hall–Kier alpha value is -1.49. The van der Waals surface area contributed by atoms with Crippen molar-refractivity contribution >= 4 is 28.7 Å². The summed E-state index contributed by atoms with van der Waals surface area (Å²) in [7, 11) is 0. The summed E-state index contributed by atoms with van der Waals surface area (Å²) in [6.07, 6.45) is 7.52. The first kappa shape index (κ1) is 17.0. The molecule has 1 heterocycles. The van der Waals surface area contributed by atoms with Crippen LogP contribution in [0.3, 0.4) is 0 Å². The Morgan fingerprint density at radius 3 is 2.92 bits per heavy atom. The highest BCUT2D eigenvalue weighted by atomic mass is 32.2. The van der Waals surface area contributed by atoms with E-state index in [9.17, 15) is 4.79 Å². The van der Waals surface area contributed by atoms with Gasteiger partial charge in [0.25, 0.3) is 0 Å². The molecule has 5 heteroatoms. The van der Waals surface area contributed by atoms with Crippen LogP contribution in [-0.2, 0) is 17.1 Å². The van der Waals surface area contributed by atoms with Gasteiger partial charge in [0.05, 0.1) is 16.8 Å². The summed E-state index contributed by atoms with van der Waals surface area (Å²) in [6.45, 7) is 2.56. The summed E-state index contributed by atoms with van der Waals surface area (Å²) in [6, 6.07) is 8.37. The van der Waals surface area contributed by atoms with Gasteiger partial charge in [-0.2, -0.15) is 11.8 Å².